The Labute approximate surface area is 118 Å². The molecule has 1 aromatic heterocycles. The number of aromatic nitrogens is 1. The molecule has 0 atom stereocenters. The summed E-state index contributed by atoms with van der Waals surface area (Å²) < 4.78 is 39.6. The average molecular weight is 295 g/mol. The van der Waals surface area contributed by atoms with E-state index in [1.807, 2.05) is 0 Å². The molecule has 0 N–H and O–H groups in total. The maximum Gasteiger partial charge on any atom is 0.416 e. The number of benzene rings is 1. The van der Waals surface area contributed by atoms with Crippen LogP contribution in [-0.4, -0.2) is 10.4 Å². The number of alkyl halides is 3. The van der Waals surface area contributed by atoms with Crippen LogP contribution in [0, 0.1) is 6.92 Å². The smallest absolute Gasteiger partial charge is 0.320 e. The third-order valence-corrected chi connectivity index (χ3v) is 3.07. The third kappa shape index (κ3) is 3.04. The van der Waals surface area contributed by atoms with Crippen molar-refractivity contribution in [3.05, 3.63) is 63.6 Å². The Balaban J connectivity index is 2.65. The van der Waals surface area contributed by atoms with Gasteiger partial charge in [-0.3, -0.25) is 9.59 Å². The molecule has 110 valence electrons. The quantitative estimate of drug-likeness (QED) is 0.797. The number of carbonyl (C=O) groups excluding carboxylic acids is 1. The van der Waals surface area contributed by atoms with Crippen LogP contribution in [0.2, 0.25) is 0 Å². The lowest BCUT2D eigenvalue weighted by Gasteiger charge is -2.14. The van der Waals surface area contributed by atoms with Crippen molar-refractivity contribution in [2.75, 3.05) is 0 Å². The summed E-state index contributed by atoms with van der Waals surface area (Å²) in [7, 11) is 0. The van der Waals surface area contributed by atoms with Gasteiger partial charge in [-0.25, -0.2) is 0 Å². The monoisotopic (exact) mass is 295 g/mol. The van der Waals surface area contributed by atoms with Gasteiger partial charge >= 0.3 is 6.18 Å². The first-order valence-corrected chi connectivity index (χ1v) is 6.12. The highest BCUT2D eigenvalue weighted by Crippen LogP contribution is 2.30. The van der Waals surface area contributed by atoms with Gasteiger partial charge in [0.25, 0.3) is 0 Å². The van der Waals surface area contributed by atoms with Gasteiger partial charge in [0.2, 0.25) is 0 Å². The average Bonchev–Trinajstić information content (AvgIpc) is 2.37. The maximum absolute atomic E-state index is 12.7. The van der Waals surface area contributed by atoms with Gasteiger partial charge < -0.3 is 4.57 Å². The van der Waals surface area contributed by atoms with Crippen LogP contribution in [0.3, 0.4) is 0 Å². The van der Waals surface area contributed by atoms with E-state index in [0.717, 1.165) is 12.1 Å². The van der Waals surface area contributed by atoms with Gasteiger partial charge in [0.05, 0.1) is 11.1 Å². The number of hydrogen-bond donors (Lipinski definition) is 0. The van der Waals surface area contributed by atoms with E-state index in [2.05, 4.69) is 0 Å². The largest absolute Gasteiger partial charge is 0.416 e. The maximum atomic E-state index is 12.7. The van der Waals surface area contributed by atoms with Gasteiger partial charge in [-0.2, -0.15) is 13.2 Å². The fourth-order valence-corrected chi connectivity index (χ4v) is 2.01. The molecule has 3 nitrogen and oxygen atoms in total. The molecule has 0 radical (unpaired) electrons. The first-order valence-electron chi connectivity index (χ1n) is 6.12. The molecule has 0 fully saturated rings. The van der Waals surface area contributed by atoms with E-state index in [9.17, 15) is 22.8 Å². The molecule has 2 rings (SSSR count). The molecule has 0 aliphatic heterocycles. The van der Waals surface area contributed by atoms with E-state index in [0.29, 0.717) is 5.69 Å². The number of hydrogen-bond acceptors (Lipinski definition) is 2. The molecule has 1 aromatic carbocycles. The number of nitrogens with zero attached hydrogens (tertiary/aromatic N) is 1. The lowest BCUT2D eigenvalue weighted by Crippen LogP contribution is -2.17. The summed E-state index contributed by atoms with van der Waals surface area (Å²) in [5.41, 5.74) is -0.599. The van der Waals surface area contributed by atoms with Crippen molar-refractivity contribution in [2.24, 2.45) is 0 Å². The van der Waals surface area contributed by atoms with Gasteiger partial charge in [0.15, 0.2) is 11.2 Å². The van der Waals surface area contributed by atoms with Gasteiger partial charge in [-0.1, -0.05) is 6.07 Å². The summed E-state index contributed by atoms with van der Waals surface area (Å²) in [6, 6.07) is 5.94. The number of ketones is 1. The van der Waals surface area contributed by atoms with Crippen molar-refractivity contribution in [2.45, 2.75) is 20.0 Å². The molecule has 2 aromatic rings. The molecule has 6 heteroatoms. The zero-order chi connectivity index (χ0) is 15.8. The highest BCUT2D eigenvalue weighted by molar-refractivity contribution is 5.93. The van der Waals surface area contributed by atoms with Gasteiger partial charge in [-0.15, -0.1) is 0 Å². The lowest BCUT2D eigenvalue weighted by molar-refractivity contribution is -0.137. The number of carbonyl (C=O) groups is 1. The molecule has 0 unspecified atom stereocenters. The van der Waals surface area contributed by atoms with Crippen LogP contribution >= 0.6 is 0 Å². The fourth-order valence-electron chi connectivity index (χ4n) is 2.01. The fraction of sp³-hybridized carbons (Fsp3) is 0.200. The van der Waals surface area contributed by atoms with Crippen molar-refractivity contribution in [1.82, 2.24) is 4.57 Å². The lowest BCUT2D eigenvalue weighted by atomic mass is 10.1. The van der Waals surface area contributed by atoms with Crippen LogP contribution in [0.15, 0.2) is 41.3 Å². The Morgan fingerprint density at radius 2 is 1.86 bits per heavy atom. The predicted molar refractivity (Wildman–Crippen MR) is 71.8 cm³/mol. The second-order valence-corrected chi connectivity index (χ2v) is 4.67. The molecule has 0 saturated heterocycles. The topological polar surface area (TPSA) is 39.1 Å². The minimum Gasteiger partial charge on any atom is -0.320 e. The van der Waals surface area contributed by atoms with Crippen LogP contribution in [0.4, 0.5) is 13.2 Å². The van der Waals surface area contributed by atoms with E-state index in [-0.39, 0.29) is 11.3 Å². The number of halogens is 3. The van der Waals surface area contributed by atoms with E-state index < -0.39 is 23.0 Å². The normalized spacial score (nSPS) is 11.5. The molecular weight excluding hydrogens is 283 g/mol. The Morgan fingerprint density at radius 3 is 2.43 bits per heavy atom. The summed E-state index contributed by atoms with van der Waals surface area (Å²) in [6.45, 7) is 2.83. The second kappa shape index (κ2) is 5.20. The molecule has 0 bridgehead atoms. The van der Waals surface area contributed by atoms with E-state index in [1.165, 1.54) is 35.9 Å². The Morgan fingerprint density at radius 1 is 1.19 bits per heavy atom. The summed E-state index contributed by atoms with van der Waals surface area (Å²) >= 11 is 0. The number of Topliss-reactive ketones (excluding diaryl/α,β-unsaturated/α-hetero) is 1. The molecule has 0 spiro atoms. The van der Waals surface area contributed by atoms with Crippen molar-refractivity contribution >= 4 is 5.78 Å². The Hall–Kier alpha value is -2.37. The number of pyridine rings is 1. The second-order valence-electron chi connectivity index (χ2n) is 4.67. The van der Waals surface area contributed by atoms with Crippen molar-refractivity contribution in [3.8, 4) is 5.69 Å². The number of rotatable bonds is 2. The third-order valence-electron chi connectivity index (χ3n) is 3.07. The molecule has 1 heterocycles. The van der Waals surface area contributed by atoms with Gasteiger partial charge in [-0.05, 0) is 32.0 Å². The molecule has 0 saturated carbocycles. The summed E-state index contributed by atoms with van der Waals surface area (Å²) in [5, 5.41) is 0. The van der Waals surface area contributed by atoms with Crippen LogP contribution in [0.1, 0.15) is 28.5 Å². The minimum absolute atomic E-state index is 0.0574. The predicted octanol–water partition coefficient (Wildman–Crippen LogP) is 3.37. The highest BCUT2D eigenvalue weighted by atomic mass is 19.4. The highest BCUT2D eigenvalue weighted by Gasteiger charge is 2.30. The molecule has 21 heavy (non-hydrogen) atoms. The van der Waals surface area contributed by atoms with E-state index >= 15 is 0 Å². The van der Waals surface area contributed by atoms with Crippen LogP contribution in [0.5, 0.6) is 0 Å². The zero-order valence-corrected chi connectivity index (χ0v) is 11.4. The molecule has 0 aliphatic carbocycles. The Kier molecular flexibility index (Phi) is 3.72. The van der Waals surface area contributed by atoms with Crippen LogP contribution in [0.25, 0.3) is 5.69 Å². The summed E-state index contributed by atoms with van der Waals surface area (Å²) in [4.78, 5) is 23.1. The van der Waals surface area contributed by atoms with E-state index in [4.69, 9.17) is 0 Å². The first kappa shape index (κ1) is 15.0. The SMILES string of the molecule is CC(=O)c1cn(-c2cccc(C(F)(F)F)c2)c(C)cc1=O. The zero-order valence-electron chi connectivity index (χ0n) is 11.4. The van der Waals surface area contributed by atoms with Crippen molar-refractivity contribution in [3.63, 3.8) is 0 Å². The molecule has 0 amide bonds. The van der Waals surface area contributed by atoms with Gasteiger partial charge in [0, 0.05) is 23.6 Å². The van der Waals surface area contributed by atoms with E-state index in [1.54, 1.807) is 6.92 Å². The molecular formula is C15H12F3NO2. The summed E-state index contributed by atoms with van der Waals surface area (Å²) in [6.07, 6.45) is -3.18. The molecule has 0 aliphatic rings. The summed E-state index contributed by atoms with van der Waals surface area (Å²) in [5.74, 6) is -0.430. The van der Waals surface area contributed by atoms with Crippen molar-refractivity contribution in [1.29, 1.82) is 0 Å². The van der Waals surface area contributed by atoms with Crippen molar-refractivity contribution < 1.29 is 18.0 Å². The van der Waals surface area contributed by atoms with Crippen LogP contribution in [-0.2, 0) is 6.18 Å². The number of aryl methyl sites for hydroxylation is 1. The first-order chi connectivity index (χ1) is 9.70. The minimum atomic E-state index is -4.45. The van der Waals surface area contributed by atoms with Crippen LogP contribution < -0.4 is 5.43 Å². The Bertz CT molecular complexity index is 760. The standard InChI is InChI=1S/C15H12F3NO2/c1-9-6-14(21)13(10(2)20)8-19(9)12-5-3-4-11(7-12)15(16,17)18/h3-8H,1-2H3. The van der Waals surface area contributed by atoms with Gasteiger partial charge in [0.1, 0.15) is 0 Å².